The number of nitrogens with two attached hydrogens (primary N) is 3. The van der Waals surface area contributed by atoms with Crippen LogP contribution in [0.15, 0.2) is 0 Å². The molecule has 1 fully saturated rings. The second-order valence-corrected chi connectivity index (χ2v) is 15.3. The van der Waals surface area contributed by atoms with Gasteiger partial charge in [0.1, 0.15) is 48.3 Å². The molecule has 1 saturated heterocycles. The van der Waals surface area contributed by atoms with Crippen LogP contribution < -0.4 is 65.1 Å². The van der Waals surface area contributed by atoms with Crippen molar-refractivity contribution in [3.63, 3.8) is 0 Å². The van der Waals surface area contributed by atoms with Crippen molar-refractivity contribution >= 4 is 70.9 Å². The van der Waals surface area contributed by atoms with Gasteiger partial charge in [0.15, 0.2) is 0 Å². The lowest BCUT2D eigenvalue weighted by Crippen LogP contribution is -2.60. The second-order valence-electron chi connectivity index (χ2n) is 15.3. The monoisotopic (exact) mass is 914 g/mol. The van der Waals surface area contributed by atoms with Gasteiger partial charge < -0.3 is 80.4 Å². The van der Waals surface area contributed by atoms with Crippen LogP contribution in [0.1, 0.15) is 78.6 Å². The molecule has 1 aliphatic rings. The molecular weight excluding hydrogens is 852 g/mol. The molecule has 360 valence electrons. The van der Waals surface area contributed by atoms with Crippen LogP contribution >= 0.6 is 0 Å². The third-order valence-corrected chi connectivity index (χ3v) is 9.39. The van der Waals surface area contributed by atoms with E-state index in [2.05, 4.69) is 42.5 Å². The molecule has 18 N–H and O–H groups in total. The minimum atomic E-state index is -1.77. The van der Waals surface area contributed by atoms with Gasteiger partial charge in [0.2, 0.25) is 65.0 Å². The average Bonchev–Trinajstić information content (AvgIpc) is 3.66. The first kappa shape index (κ1) is 55.5. The summed E-state index contributed by atoms with van der Waals surface area (Å²) in [6.07, 6.45) is -0.547. The number of aliphatic hydroxyl groups is 2. The number of carbonyl (C=O) groups excluding carboxylic acids is 11. The van der Waals surface area contributed by atoms with Crippen molar-refractivity contribution in [3.05, 3.63) is 0 Å². The molecule has 0 radical (unpaired) electrons. The second kappa shape index (κ2) is 28.3. The van der Waals surface area contributed by atoms with Crippen molar-refractivity contribution in [2.24, 2.45) is 23.1 Å². The minimum Gasteiger partial charge on any atom is -0.480 e. The summed E-state index contributed by atoms with van der Waals surface area (Å²) in [6.45, 7) is 2.12. The van der Waals surface area contributed by atoms with Crippen molar-refractivity contribution in [2.45, 2.75) is 127 Å². The van der Waals surface area contributed by atoms with Crippen LogP contribution in [-0.2, 0) is 57.5 Å². The van der Waals surface area contributed by atoms with Gasteiger partial charge in [-0.1, -0.05) is 13.8 Å². The number of carbonyl (C=O) groups is 12. The van der Waals surface area contributed by atoms with Crippen LogP contribution in [-0.4, -0.2) is 161 Å². The predicted octanol–water partition coefficient (Wildman–Crippen LogP) is -7.82. The van der Waals surface area contributed by atoms with Crippen molar-refractivity contribution in [1.29, 1.82) is 0 Å². The average molecular weight is 915 g/mol. The Bertz CT molecular complexity index is 1710. The van der Waals surface area contributed by atoms with E-state index in [1.165, 1.54) is 6.92 Å². The quantitative estimate of drug-likeness (QED) is 0.0298. The molecule has 11 amide bonds. The van der Waals surface area contributed by atoms with Gasteiger partial charge in [0.25, 0.3) is 0 Å². The van der Waals surface area contributed by atoms with E-state index in [1.807, 2.05) is 5.32 Å². The van der Waals surface area contributed by atoms with Gasteiger partial charge in [0, 0.05) is 12.8 Å². The number of hydrogen-bond acceptors (Lipinski definition) is 15. The smallest absolute Gasteiger partial charge is 0.326 e. The number of rotatable bonds is 30. The number of hydrogen-bond donors (Lipinski definition) is 15. The Morgan fingerprint density at radius 1 is 0.656 bits per heavy atom. The van der Waals surface area contributed by atoms with Gasteiger partial charge in [-0.05, 0) is 57.9 Å². The lowest BCUT2D eigenvalue weighted by molar-refractivity contribution is -0.144. The van der Waals surface area contributed by atoms with Gasteiger partial charge >= 0.3 is 5.97 Å². The van der Waals surface area contributed by atoms with E-state index in [4.69, 9.17) is 17.2 Å². The van der Waals surface area contributed by atoms with E-state index in [0.717, 1.165) is 0 Å². The first-order valence-corrected chi connectivity index (χ1v) is 20.4. The van der Waals surface area contributed by atoms with E-state index < -0.39 is 152 Å². The Morgan fingerprint density at radius 2 is 1.17 bits per heavy atom. The molecule has 8 atom stereocenters. The summed E-state index contributed by atoms with van der Waals surface area (Å²) in [5.74, 6) is -11.8. The highest BCUT2D eigenvalue weighted by Crippen LogP contribution is 2.09. The van der Waals surface area contributed by atoms with Crippen molar-refractivity contribution < 1.29 is 72.9 Å². The molecule has 0 aromatic carbocycles. The summed E-state index contributed by atoms with van der Waals surface area (Å²) in [4.78, 5) is 150. The molecule has 0 aromatic rings. The van der Waals surface area contributed by atoms with E-state index in [1.54, 1.807) is 13.8 Å². The van der Waals surface area contributed by atoms with Crippen LogP contribution in [0.5, 0.6) is 0 Å². The number of primary amides is 2. The standard InChI is InChI=1S/C37H62N12O15/c1-17(2)12-22(31(57)41-14-29(55)44-24(15-50)35(61)48-23(37(63)64)13-27(40)53)47-34(60)21(7-9-26(39)52)46-36(62)25(16-51)49-33(59)19(6-4-5-11-38)45-30(56)18(3)42-32(58)20-8-10-28(54)43-20/h17-25,50-51H,4-16,38H2,1-3H3,(H2,39,52)(H2,40,53)(H,41,57)(H,42,58)(H,43,54)(H,44,55)(H,45,56)(H,46,62)(H,47,60)(H,48,61)(H,49,59)(H,63,64)/t18-,19-,20-,21-,22+,23-,24-,25-/m0/s1. The van der Waals surface area contributed by atoms with E-state index in [9.17, 15) is 72.9 Å². The maximum Gasteiger partial charge on any atom is 0.326 e. The molecule has 0 aromatic heterocycles. The zero-order chi connectivity index (χ0) is 48.7. The molecule has 0 bridgehead atoms. The normalized spacial score (nSPS) is 16.5. The summed E-state index contributed by atoms with van der Waals surface area (Å²) < 4.78 is 0. The van der Waals surface area contributed by atoms with Gasteiger partial charge in [0.05, 0.1) is 26.2 Å². The number of nitrogens with one attached hydrogen (secondary N) is 9. The number of aliphatic carboxylic acids is 1. The molecule has 0 spiro atoms. The molecule has 0 unspecified atom stereocenters. The molecule has 0 saturated carbocycles. The molecular formula is C37H62N12O15. The highest BCUT2D eigenvalue weighted by Gasteiger charge is 2.34. The zero-order valence-corrected chi connectivity index (χ0v) is 35.9. The minimum absolute atomic E-state index is 0.0153. The molecule has 1 heterocycles. The van der Waals surface area contributed by atoms with Crippen LogP contribution in [0.3, 0.4) is 0 Å². The maximum atomic E-state index is 13.6. The van der Waals surface area contributed by atoms with Crippen LogP contribution in [0.25, 0.3) is 0 Å². The number of carboxylic acid groups (broad SMARTS) is 1. The number of aliphatic hydroxyl groups excluding tert-OH is 2. The molecule has 1 aliphatic heterocycles. The van der Waals surface area contributed by atoms with Crippen molar-refractivity contribution in [3.8, 4) is 0 Å². The van der Waals surface area contributed by atoms with Gasteiger partial charge in [-0.2, -0.15) is 0 Å². The number of amides is 11. The maximum absolute atomic E-state index is 13.6. The fraction of sp³-hybridized carbons (Fsp3) is 0.676. The summed E-state index contributed by atoms with van der Waals surface area (Å²) in [7, 11) is 0. The van der Waals surface area contributed by atoms with Crippen LogP contribution in [0, 0.1) is 5.92 Å². The molecule has 27 nitrogen and oxygen atoms in total. The largest absolute Gasteiger partial charge is 0.480 e. The van der Waals surface area contributed by atoms with Gasteiger partial charge in [-0.25, -0.2) is 4.79 Å². The Balaban J connectivity index is 3.08. The lowest BCUT2D eigenvalue weighted by Gasteiger charge is -2.26. The summed E-state index contributed by atoms with van der Waals surface area (Å²) in [5, 5.41) is 49.7. The summed E-state index contributed by atoms with van der Waals surface area (Å²) in [6, 6.07) is -11.5. The SMILES string of the molecule is CC(C)C[C@@H](NC(=O)[C@H](CCC(N)=O)NC(=O)[C@H](CO)NC(=O)[C@H](CCCCN)NC(=O)[C@H](C)NC(=O)[C@@H]1CCC(=O)N1)C(=O)NCC(=O)N[C@@H](CO)C(=O)N[C@@H](CC(N)=O)C(=O)O. The van der Waals surface area contributed by atoms with E-state index in [-0.39, 0.29) is 44.1 Å². The van der Waals surface area contributed by atoms with E-state index >= 15 is 0 Å². The number of unbranched alkanes of at least 4 members (excludes halogenated alkanes) is 1. The summed E-state index contributed by atoms with van der Waals surface area (Å²) in [5.41, 5.74) is 15.9. The molecule has 0 aliphatic carbocycles. The highest BCUT2D eigenvalue weighted by atomic mass is 16.4. The van der Waals surface area contributed by atoms with Crippen molar-refractivity contribution in [1.82, 2.24) is 47.9 Å². The summed E-state index contributed by atoms with van der Waals surface area (Å²) >= 11 is 0. The molecule has 64 heavy (non-hydrogen) atoms. The topological polar surface area (TPSA) is 452 Å². The van der Waals surface area contributed by atoms with E-state index in [0.29, 0.717) is 12.8 Å². The first-order chi connectivity index (χ1) is 30.0. The Kier molecular flexibility index (Phi) is 24.5. The third-order valence-electron chi connectivity index (χ3n) is 9.39. The Morgan fingerprint density at radius 3 is 1.67 bits per heavy atom. The highest BCUT2D eigenvalue weighted by molar-refractivity contribution is 5.98. The van der Waals surface area contributed by atoms with Crippen molar-refractivity contribution in [2.75, 3.05) is 26.3 Å². The van der Waals surface area contributed by atoms with Crippen LogP contribution in [0.4, 0.5) is 0 Å². The molecule has 27 heteroatoms. The molecule has 1 rings (SSSR count). The van der Waals surface area contributed by atoms with Gasteiger partial charge in [-0.15, -0.1) is 0 Å². The Hall–Kier alpha value is -6.48. The van der Waals surface area contributed by atoms with Gasteiger partial charge in [-0.3, -0.25) is 52.7 Å². The zero-order valence-electron chi connectivity index (χ0n) is 35.9. The predicted molar refractivity (Wildman–Crippen MR) is 220 cm³/mol. The lowest BCUT2D eigenvalue weighted by atomic mass is 10.0. The Labute approximate surface area is 367 Å². The first-order valence-electron chi connectivity index (χ1n) is 20.4. The number of carboxylic acids is 1. The van der Waals surface area contributed by atoms with Crippen LogP contribution in [0.2, 0.25) is 0 Å². The fourth-order valence-electron chi connectivity index (χ4n) is 5.92. The fourth-order valence-corrected chi connectivity index (χ4v) is 5.92. The third kappa shape index (κ3) is 20.6.